The first-order valence-electron chi connectivity index (χ1n) is 5.73. The van der Waals surface area contributed by atoms with E-state index in [0.717, 1.165) is 0 Å². The van der Waals surface area contributed by atoms with Crippen LogP contribution in [0.15, 0.2) is 11.2 Å². The van der Waals surface area contributed by atoms with E-state index < -0.39 is 10.0 Å². The van der Waals surface area contributed by atoms with Crippen molar-refractivity contribution in [2.75, 3.05) is 33.4 Å². The summed E-state index contributed by atoms with van der Waals surface area (Å²) in [5.41, 5.74) is 5.42. The summed E-state index contributed by atoms with van der Waals surface area (Å²) in [5.74, 6) is 0.569. The molecule has 1 aromatic rings. The smallest absolute Gasteiger partial charge is 0.260 e. The number of aryl methyl sites for hydroxylation is 1. The molecule has 0 aromatic carbocycles. The molecule has 1 heterocycles. The van der Waals surface area contributed by atoms with Gasteiger partial charge >= 0.3 is 0 Å². The van der Waals surface area contributed by atoms with E-state index in [0.29, 0.717) is 38.5 Å². The van der Waals surface area contributed by atoms with Gasteiger partial charge in [0.05, 0.1) is 12.8 Å². The third-order valence-corrected chi connectivity index (χ3v) is 4.26. The summed E-state index contributed by atoms with van der Waals surface area (Å²) in [5, 5.41) is 0.105. The van der Waals surface area contributed by atoms with Gasteiger partial charge < -0.3 is 15.5 Å². The lowest BCUT2D eigenvalue weighted by atomic mass is 10.4. The molecule has 104 valence electrons. The van der Waals surface area contributed by atoms with Crippen LogP contribution in [-0.4, -0.2) is 56.0 Å². The Kier molecular flexibility index (Phi) is 5.73. The molecular formula is C10H20N4O3S. The summed E-state index contributed by atoms with van der Waals surface area (Å²) >= 11 is 0. The Morgan fingerprint density at radius 2 is 2.22 bits per heavy atom. The van der Waals surface area contributed by atoms with Crippen molar-refractivity contribution >= 4 is 10.0 Å². The number of aromatic amines is 1. The minimum Gasteiger partial charge on any atom is -0.383 e. The van der Waals surface area contributed by atoms with Gasteiger partial charge in [0.15, 0.2) is 5.03 Å². The van der Waals surface area contributed by atoms with Crippen molar-refractivity contribution in [3.8, 4) is 0 Å². The van der Waals surface area contributed by atoms with Gasteiger partial charge in [-0.3, -0.25) is 0 Å². The zero-order chi connectivity index (χ0) is 13.6. The van der Waals surface area contributed by atoms with E-state index in [-0.39, 0.29) is 5.03 Å². The topological polar surface area (TPSA) is 101 Å². The Morgan fingerprint density at radius 1 is 1.50 bits per heavy atom. The predicted octanol–water partition coefficient (Wildman–Crippen LogP) is -0.296. The van der Waals surface area contributed by atoms with Crippen LogP contribution in [0.3, 0.4) is 0 Å². The molecule has 1 aromatic heterocycles. The van der Waals surface area contributed by atoms with E-state index in [9.17, 15) is 8.42 Å². The summed E-state index contributed by atoms with van der Waals surface area (Å²) in [6.07, 6.45) is 1.93. The molecule has 0 spiro atoms. The Morgan fingerprint density at radius 3 is 2.72 bits per heavy atom. The molecule has 0 amide bonds. The van der Waals surface area contributed by atoms with Crippen molar-refractivity contribution < 1.29 is 13.2 Å². The average molecular weight is 276 g/mol. The number of aromatic nitrogens is 2. The molecule has 0 aliphatic heterocycles. The lowest BCUT2D eigenvalue weighted by Crippen LogP contribution is -2.35. The second kappa shape index (κ2) is 6.83. The normalized spacial score (nSPS) is 12.2. The van der Waals surface area contributed by atoms with Gasteiger partial charge in [0.25, 0.3) is 10.0 Å². The number of ether oxygens (including phenoxy) is 1. The van der Waals surface area contributed by atoms with Gasteiger partial charge in [-0.15, -0.1) is 0 Å². The van der Waals surface area contributed by atoms with Crippen LogP contribution in [0.4, 0.5) is 0 Å². The lowest BCUT2D eigenvalue weighted by Gasteiger charge is -2.20. The molecule has 0 saturated heterocycles. The maximum absolute atomic E-state index is 12.3. The van der Waals surface area contributed by atoms with Crippen molar-refractivity contribution in [3.63, 3.8) is 0 Å². The van der Waals surface area contributed by atoms with E-state index in [4.69, 9.17) is 10.5 Å². The molecule has 0 radical (unpaired) electrons. The fraction of sp³-hybridized carbons (Fsp3) is 0.700. The molecule has 0 fully saturated rings. The molecule has 0 saturated carbocycles. The van der Waals surface area contributed by atoms with E-state index in [2.05, 4.69) is 9.97 Å². The van der Waals surface area contributed by atoms with Gasteiger partial charge in [0.1, 0.15) is 5.82 Å². The maximum Gasteiger partial charge on any atom is 0.260 e. The highest BCUT2D eigenvalue weighted by molar-refractivity contribution is 7.89. The number of sulfonamides is 1. The van der Waals surface area contributed by atoms with E-state index in [1.54, 1.807) is 6.92 Å². The number of imidazole rings is 1. The third kappa shape index (κ3) is 3.77. The number of H-pyrrole nitrogens is 1. The van der Waals surface area contributed by atoms with Gasteiger partial charge in [-0.1, -0.05) is 0 Å². The molecule has 1 rings (SSSR count). The number of nitrogens with two attached hydrogens (primary N) is 1. The molecule has 18 heavy (non-hydrogen) atoms. The number of hydrogen-bond donors (Lipinski definition) is 2. The molecule has 0 aliphatic carbocycles. The van der Waals surface area contributed by atoms with Gasteiger partial charge in [0, 0.05) is 20.2 Å². The zero-order valence-electron chi connectivity index (χ0n) is 10.7. The second-order valence-electron chi connectivity index (χ2n) is 3.87. The lowest BCUT2D eigenvalue weighted by molar-refractivity contribution is 0.178. The Balaban J connectivity index is 2.88. The van der Waals surface area contributed by atoms with Crippen molar-refractivity contribution in [3.05, 3.63) is 12.0 Å². The monoisotopic (exact) mass is 276 g/mol. The molecule has 8 heteroatoms. The highest BCUT2D eigenvalue weighted by Gasteiger charge is 2.25. The summed E-state index contributed by atoms with van der Waals surface area (Å²) < 4.78 is 30.9. The van der Waals surface area contributed by atoms with Crippen molar-refractivity contribution in [2.45, 2.75) is 18.4 Å². The second-order valence-corrected chi connectivity index (χ2v) is 5.78. The van der Waals surface area contributed by atoms with Crippen LogP contribution in [0, 0.1) is 6.92 Å². The highest BCUT2D eigenvalue weighted by atomic mass is 32.2. The minimum atomic E-state index is -3.54. The fourth-order valence-corrected chi connectivity index (χ4v) is 2.91. The van der Waals surface area contributed by atoms with E-state index in [1.165, 1.54) is 17.6 Å². The standard InChI is InChI=1S/C10H20N4O3S/c1-9-12-8-10(13-9)18(15,16)14(5-3-4-11)6-7-17-2/h8H,3-7,11H2,1-2H3,(H,12,13). The Hall–Kier alpha value is -0.960. The number of rotatable bonds is 8. The predicted molar refractivity (Wildman–Crippen MR) is 67.6 cm³/mol. The SMILES string of the molecule is COCCN(CCCN)S(=O)(=O)c1cnc(C)[nH]1. The van der Waals surface area contributed by atoms with E-state index >= 15 is 0 Å². The van der Waals surface area contributed by atoms with Crippen LogP contribution in [0.25, 0.3) is 0 Å². The largest absolute Gasteiger partial charge is 0.383 e. The van der Waals surface area contributed by atoms with Crippen molar-refractivity contribution in [1.29, 1.82) is 0 Å². The molecule has 3 N–H and O–H groups in total. The highest BCUT2D eigenvalue weighted by Crippen LogP contribution is 2.13. The van der Waals surface area contributed by atoms with Crippen LogP contribution >= 0.6 is 0 Å². The summed E-state index contributed by atoms with van der Waals surface area (Å²) in [6.45, 7) is 3.17. The fourth-order valence-electron chi connectivity index (χ4n) is 1.48. The molecular weight excluding hydrogens is 256 g/mol. The number of nitrogens with one attached hydrogen (secondary N) is 1. The first-order valence-corrected chi connectivity index (χ1v) is 7.17. The molecule has 0 atom stereocenters. The van der Waals surface area contributed by atoms with Crippen LogP contribution in [0.2, 0.25) is 0 Å². The van der Waals surface area contributed by atoms with Crippen LogP contribution in [-0.2, 0) is 14.8 Å². The Bertz CT molecular complexity index is 449. The maximum atomic E-state index is 12.3. The molecule has 0 unspecified atom stereocenters. The molecule has 0 bridgehead atoms. The van der Waals surface area contributed by atoms with Crippen LogP contribution in [0.5, 0.6) is 0 Å². The van der Waals surface area contributed by atoms with Crippen molar-refractivity contribution in [2.24, 2.45) is 5.73 Å². The summed E-state index contributed by atoms with van der Waals surface area (Å²) in [4.78, 5) is 6.65. The van der Waals surface area contributed by atoms with Gasteiger partial charge in [0.2, 0.25) is 0 Å². The van der Waals surface area contributed by atoms with Gasteiger partial charge in [-0.2, -0.15) is 4.31 Å². The third-order valence-electron chi connectivity index (χ3n) is 2.45. The zero-order valence-corrected chi connectivity index (χ0v) is 11.5. The van der Waals surface area contributed by atoms with Crippen molar-refractivity contribution in [1.82, 2.24) is 14.3 Å². The molecule has 7 nitrogen and oxygen atoms in total. The first kappa shape index (κ1) is 15.1. The quantitative estimate of drug-likeness (QED) is 0.679. The average Bonchev–Trinajstić information content (AvgIpc) is 2.76. The van der Waals surface area contributed by atoms with Crippen LogP contribution < -0.4 is 5.73 Å². The summed E-state index contributed by atoms with van der Waals surface area (Å²) in [7, 11) is -2.01. The Labute approximate surface area is 107 Å². The van der Waals surface area contributed by atoms with Gasteiger partial charge in [-0.25, -0.2) is 13.4 Å². The van der Waals surface area contributed by atoms with E-state index in [1.807, 2.05) is 0 Å². The number of methoxy groups -OCH3 is 1. The van der Waals surface area contributed by atoms with Crippen LogP contribution in [0.1, 0.15) is 12.2 Å². The minimum absolute atomic E-state index is 0.105. The molecule has 0 aliphatic rings. The number of hydrogen-bond acceptors (Lipinski definition) is 5. The first-order chi connectivity index (χ1) is 8.52. The number of nitrogens with zero attached hydrogens (tertiary/aromatic N) is 2. The van der Waals surface area contributed by atoms with Gasteiger partial charge in [-0.05, 0) is 19.9 Å². The summed E-state index contributed by atoms with van der Waals surface area (Å²) in [6, 6.07) is 0.